The summed E-state index contributed by atoms with van der Waals surface area (Å²) in [5, 5.41) is 10.1. The van der Waals surface area contributed by atoms with Crippen molar-refractivity contribution in [2.45, 2.75) is 28.8 Å². The summed E-state index contributed by atoms with van der Waals surface area (Å²) in [4.78, 5) is 25.0. The summed E-state index contributed by atoms with van der Waals surface area (Å²) in [5.74, 6) is -2.32. The van der Waals surface area contributed by atoms with Crippen molar-refractivity contribution < 1.29 is 23.8 Å². The molecule has 0 aliphatic carbocycles. The molecular weight excluding hydrogens is 622 g/mol. The Labute approximate surface area is 248 Å². The topological polar surface area (TPSA) is 70.1 Å². The number of epoxide rings is 1. The number of halogens is 7. The molecule has 1 heterocycles. The first kappa shape index (κ1) is 30.8. The molecule has 12 heteroatoms. The summed E-state index contributed by atoms with van der Waals surface area (Å²) in [7, 11) is 0. The average Bonchev–Trinajstić information content (AvgIpc) is 3.60. The maximum atomic E-state index is 13.3. The first-order valence-corrected chi connectivity index (χ1v) is 13.2. The van der Waals surface area contributed by atoms with Crippen LogP contribution in [-0.2, 0) is 15.1 Å². The number of alkyl halides is 3. The molecule has 1 aliphatic rings. The molecule has 0 spiro atoms. The van der Waals surface area contributed by atoms with Gasteiger partial charge in [-0.05, 0) is 61.0 Å². The highest BCUT2D eigenvalue weighted by Crippen LogP contribution is 2.50. The Hall–Kier alpha value is -1.77. The third-order valence-electron chi connectivity index (χ3n) is 5.53. The number of anilines is 1. The van der Waals surface area contributed by atoms with Gasteiger partial charge < -0.3 is 9.84 Å². The van der Waals surface area contributed by atoms with Crippen LogP contribution in [0.4, 0.5) is 10.1 Å². The number of carbonyl (C=O) groups is 2. The molecule has 1 amide bonds. The Balaban J connectivity index is 0.000000221. The van der Waals surface area contributed by atoms with E-state index >= 15 is 0 Å². The molecule has 2 atom stereocenters. The van der Waals surface area contributed by atoms with Crippen LogP contribution in [-0.4, -0.2) is 33.4 Å². The normalized spacial score (nSPS) is 17.2. The second-order valence-corrected chi connectivity index (χ2v) is 12.2. The van der Waals surface area contributed by atoms with Crippen molar-refractivity contribution in [3.63, 3.8) is 0 Å². The summed E-state index contributed by atoms with van der Waals surface area (Å²) in [6.45, 7) is 1.89. The molecule has 202 valence electrons. The second-order valence-electron chi connectivity index (χ2n) is 8.39. The van der Waals surface area contributed by atoms with E-state index in [-0.39, 0.29) is 17.1 Å². The van der Waals surface area contributed by atoms with Crippen molar-refractivity contribution in [2.75, 3.05) is 11.5 Å². The van der Waals surface area contributed by atoms with Gasteiger partial charge in [-0.15, -0.1) is 0 Å². The van der Waals surface area contributed by atoms with E-state index in [0.29, 0.717) is 22.2 Å². The Morgan fingerprint density at radius 2 is 1.61 bits per heavy atom. The number of hydrogen-bond donors (Lipinski definition) is 1. The largest absolute Gasteiger partial charge is 0.480 e. The first-order chi connectivity index (χ1) is 17.7. The predicted molar refractivity (Wildman–Crippen MR) is 151 cm³/mol. The lowest BCUT2D eigenvalue weighted by molar-refractivity contribution is -0.138. The molecule has 3 aromatic carbocycles. The van der Waals surface area contributed by atoms with Crippen LogP contribution in [0, 0.1) is 5.82 Å². The van der Waals surface area contributed by atoms with Gasteiger partial charge in [-0.1, -0.05) is 87.8 Å². The third-order valence-corrected chi connectivity index (χ3v) is 6.66. The fourth-order valence-corrected chi connectivity index (χ4v) is 4.93. The van der Waals surface area contributed by atoms with Gasteiger partial charge >= 0.3 is 5.97 Å². The quantitative estimate of drug-likeness (QED) is 0.216. The van der Waals surface area contributed by atoms with Gasteiger partial charge in [0, 0.05) is 27.7 Å². The lowest BCUT2D eigenvalue weighted by Crippen LogP contribution is -2.43. The maximum Gasteiger partial charge on any atom is 0.326 e. The van der Waals surface area contributed by atoms with Gasteiger partial charge in [0.2, 0.25) is 0 Å². The molecule has 38 heavy (non-hydrogen) atoms. The maximum absolute atomic E-state index is 13.3. The number of rotatable bonds is 6. The molecule has 0 saturated carbocycles. The van der Waals surface area contributed by atoms with Crippen LogP contribution < -0.4 is 4.90 Å². The molecule has 1 aliphatic heterocycles. The van der Waals surface area contributed by atoms with Crippen molar-refractivity contribution in [2.24, 2.45) is 0 Å². The summed E-state index contributed by atoms with van der Waals surface area (Å²) in [5.41, 5.74) is 0.835. The zero-order valence-electron chi connectivity index (χ0n) is 19.6. The van der Waals surface area contributed by atoms with E-state index in [1.165, 1.54) is 19.1 Å². The van der Waals surface area contributed by atoms with Crippen LogP contribution in [0.2, 0.25) is 15.1 Å². The zero-order chi connectivity index (χ0) is 28.3. The monoisotopic (exact) mass is 639 g/mol. The van der Waals surface area contributed by atoms with E-state index in [1.54, 1.807) is 48.5 Å². The van der Waals surface area contributed by atoms with E-state index in [0.717, 1.165) is 16.5 Å². The highest BCUT2D eigenvalue weighted by molar-refractivity contribution is 6.67. The minimum absolute atomic E-state index is 0.180. The summed E-state index contributed by atoms with van der Waals surface area (Å²) in [6, 6.07) is 16.0. The average molecular weight is 642 g/mol. The SMILES string of the molecule is CC(C(=O)O)N(C(=O)c1ccccc1)c1ccc(F)c(Cl)c1.Clc1cc(Cl)cc(C2(CC(Cl)(Cl)Cl)CO2)c1. The fraction of sp³-hybridized carbons (Fsp3) is 0.231. The lowest BCUT2D eigenvalue weighted by Gasteiger charge is -2.27. The summed E-state index contributed by atoms with van der Waals surface area (Å²) >= 11 is 34.9. The van der Waals surface area contributed by atoms with Crippen LogP contribution in [0.25, 0.3) is 0 Å². The van der Waals surface area contributed by atoms with Crippen molar-refractivity contribution in [3.05, 3.63) is 98.7 Å². The molecule has 3 aromatic rings. The Kier molecular flexibility index (Phi) is 10.2. The van der Waals surface area contributed by atoms with Gasteiger partial charge in [0.15, 0.2) is 3.79 Å². The van der Waals surface area contributed by atoms with Gasteiger partial charge in [0.1, 0.15) is 17.5 Å². The smallest absolute Gasteiger partial charge is 0.326 e. The number of amides is 1. The second kappa shape index (κ2) is 12.6. The van der Waals surface area contributed by atoms with E-state index in [9.17, 15) is 19.1 Å². The Morgan fingerprint density at radius 3 is 2.08 bits per heavy atom. The first-order valence-electron chi connectivity index (χ1n) is 11.0. The number of carbonyl (C=O) groups excluding carboxylic acids is 1. The highest BCUT2D eigenvalue weighted by Gasteiger charge is 2.51. The minimum atomic E-state index is -1.36. The molecule has 2 unspecified atom stereocenters. The molecule has 0 aromatic heterocycles. The molecule has 0 bridgehead atoms. The number of hydrogen-bond acceptors (Lipinski definition) is 3. The van der Waals surface area contributed by atoms with E-state index in [4.69, 9.17) is 74.3 Å². The number of benzene rings is 3. The van der Waals surface area contributed by atoms with Crippen molar-refractivity contribution >= 4 is 87.2 Å². The molecule has 1 N–H and O–H groups in total. The zero-order valence-corrected chi connectivity index (χ0v) is 24.1. The van der Waals surface area contributed by atoms with Crippen LogP contribution >= 0.6 is 69.6 Å². The number of ether oxygens (including phenoxy) is 1. The van der Waals surface area contributed by atoms with Crippen LogP contribution in [0.15, 0.2) is 66.7 Å². The van der Waals surface area contributed by atoms with Crippen molar-refractivity contribution in [1.29, 1.82) is 0 Å². The number of carboxylic acid groups (broad SMARTS) is 1. The Bertz CT molecular complexity index is 1290. The number of carboxylic acids is 1. The van der Waals surface area contributed by atoms with Gasteiger partial charge in [-0.2, -0.15) is 0 Å². The van der Waals surface area contributed by atoms with Gasteiger partial charge in [0.25, 0.3) is 5.91 Å². The number of aliphatic carboxylic acids is 1. The third kappa shape index (κ3) is 8.12. The van der Waals surface area contributed by atoms with Gasteiger partial charge in [-0.25, -0.2) is 9.18 Å². The molecule has 0 radical (unpaired) electrons. The molecule has 1 fully saturated rings. The van der Waals surface area contributed by atoms with Crippen LogP contribution in [0.1, 0.15) is 29.3 Å². The van der Waals surface area contributed by atoms with Crippen LogP contribution in [0.5, 0.6) is 0 Å². The van der Waals surface area contributed by atoms with Crippen LogP contribution in [0.3, 0.4) is 0 Å². The molecule has 1 saturated heterocycles. The molecule has 5 nitrogen and oxygen atoms in total. The van der Waals surface area contributed by atoms with Crippen molar-refractivity contribution in [1.82, 2.24) is 0 Å². The standard InChI is InChI=1S/C16H13ClFNO3.C10H7Cl5O/c1-10(16(21)22)19(12-7-8-14(18)13(17)9-12)15(20)11-5-3-2-4-6-11;11-7-1-6(2-8(12)3-7)9(5-16-9)4-10(13,14)15/h2-10H,1H3,(H,21,22);1-3H,4-5H2. The van der Waals surface area contributed by atoms with E-state index < -0.39 is 33.1 Å². The van der Waals surface area contributed by atoms with E-state index in [2.05, 4.69) is 0 Å². The van der Waals surface area contributed by atoms with Gasteiger partial charge in [0.05, 0.1) is 11.6 Å². The molecule has 4 rings (SSSR count). The summed E-state index contributed by atoms with van der Waals surface area (Å²) < 4.78 is 17.3. The van der Waals surface area contributed by atoms with Crippen molar-refractivity contribution in [3.8, 4) is 0 Å². The fourth-order valence-electron chi connectivity index (χ4n) is 3.58. The minimum Gasteiger partial charge on any atom is -0.480 e. The summed E-state index contributed by atoms with van der Waals surface area (Å²) in [6.07, 6.45) is 0.279. The number of nitrogens with zero attached hydrogens (tertiary/aromatic N) is 1. The predicted octanol–water partition coefficient (Wildman–Crippen LogP) is 8.58. The van der Waals surface area contributed by atoms with E-state index in [1.807, 2.05) is 0 Å². The molecular formula is C26H20Cl6FNO4. The Morgan fingerprint density at radius 1 is 1.03 bits per heavy atom. The van der Waals surface area contributed by atoms with Gasteiger partial charge in [-0.3, -0.25) is 9.69 Å². The highest BCUT2D eigenvalue weighted by atomic mass is 35.6. The lowest BCUT2D eigenvalue weighted by atomic mass is 9.97.